The predicted molar refractivity (Wildman–Crippen MR) is 81.3 cm³/mol. The summed E-state index contributed by atoms with van der Waals surface area (Å²) in [6.45, 7) is 0.239. The Morgan fingerprint density at radius 1 is 1.48 bits per heavy atom. The van der Waals surface area contributed by atoms with Crippen molar-refractivity contribution >= 4 is 33.8 Å². The number of nitrogens with one attached hydrogen (secondary N) is 1. The molecule has 0 unspecified atom stereocenters. The van der Waals surface area contributed by atoms with Gasteiger partial charge in [0.25, 0.3) is 0 Å². The molecule has 0 amide bonds. The maximum atomic E-state index is 13.8. The van der Waals surface area contributed by atoms with Crippen LogP contribution >= 0.6 is 11.8 Å². The normalized spacial score (nSPS) is 11.9. The minimum absolute atomic E-state index is 0.239. The van der Waals surface area contributed by atoms with E-state index in [9.17, 15) is 17.6 Å². The van der Waals surface area contributed by atoms with Crippen LogP contribution < -0.4 is 4.72 Å². The molecule has 0 bridgehead atoms. The lowest BCUT2D eigenvalue weighted by Crippen LogP contribution is -2.26. The van der Waals surface area contributed by atoms with Crippen molar-refractivity contribution in [2.75, 3.05) is 18.6 Å². The Bertz CT molecular complexity index is 629. The van der Waals surface area contributed by atoms with E-state index < -0.39 is 26.7 Å². The molecular formula is C13H16FNO4S2. The SMILES string of the molecule is CSCCCNS(=O)(=O)c1ccc(/C=C/C(=O)O)cc1F. The van der Waals surface area contributed by atoms with Gasteiger partial charge in [-0.2, -0.15) is 11.8 Å². The zero-order valence-corrected chi connectivity index (χ0v) is 13.0. The lowest BCUT2D eigenvalue weighted by atomic mass is 10.2. The van der Waals surface area contributed by atoms with Gasteiger partial charge >= 0.3 is 5.97 Å². The third-order valence-corrected chi connectivity index (χ3v) is 4.67. The molecule has 0 spiro atoms. The van der Waals surface area contributed by atoms with E-state index in [-0.39, 0.29) is 12.1 Å². The summed E-state index contributed by atoms with van der Waals surface area (Å²) in [4.78, 5) is 9.92. The number of sulfonamides is 1. The van der Waals surface area contributed by atoms with Crippen LogP contribution in [0.25, 0.3) is 6.08 Å². The van der Waals surface area contributed by atoms with Crippen molar-refractivity contribution in [2.24, 2.45) is 0 Å². The highest BCUT2D eigenvalue weighted by Crippen LogP contribution is 2.17. The minimum Gasteiger partial charge on any atom is -0.478 e. The van der Waals surface area contributed by atoms with Crippen LogP contribution in [0, 0.1) is 5.82 Å². The van der Waals surface area contributed by atoms with Crippen LogP contribution in [-0.2, 0) is 14.8 Å². The van der Waals surface area contributed by atoms with Crippen molar-refractivity contribution in [1.82, 2.24) is 4.72 Å². The molecule has 1 aromatic rings. The Hall–Kier alpha value is -1.38. The standard InChI is InChI=1S/C13H16FNO4S2/c1-20-8-2-7-15-21(18,19)12-5-3-10(9-11(12)14)4-6-13(16)17/h3-6,9,15H,2,7-8H2,1H3,(H,16,17)/b6-4+. The second-order valence-electron chi connectivity index (χ2n) is 4.11. The highest BCUT2D eigenvalue weighted by atomic mass is 32.2. The fraction of sp³-hybridized carbons (Fsp3) is 0.308. The van der Waals surface area contributed by atoms with Crippen molar-refractivity contribution in [3.05, 3.63) is 35.7 Å². The molecular weight excluding hydrogens is 317 g/mol. The van der Waals surface area contributed by atoms with E-state index in [4.69, 9.17) is 5.11 Å². The van der Waals surface area contributed by atoms with Crippen LogP contribution in [0.15, 0.2) is 29.2 Å². The molecule has 8 heteroatoms. The van der Waals surface area contributed by atoms with E-state index in [1.54, 1.807) is 11.8 Å². The van der Waals surface area contributed by atoms with Gasteiger partial charge in [-0.1, -0.05) is 6.07 Å². The van der Waals surface area contributed by atoms with Crippen LogP contribution in [-0.4, -0.2) is 38.0 Å². The quantitative estimate of drug-likeness (QED) is 0.561. The molecule has 0 aromatic heterocycles. The monoisotopic (exact) mass is 333 g/mol. The first kappa shape index (κ1) is 17.7. The van der Waals surface area contributed by atoms with Gasteiger partial charge in [0.05, 0.1) is 0 Å². The molecule has 0 saturated carbocycles. The summed E-state index contributed by atoms with van der Waals surface area (Å²) in [6, 6.07) is 3.45. The number of halogens is 1. The minimum atomic E-state index is -3.89. The third-order valence-electron chi connectivity index (χ3n) is 2.48. The molecule has 2 N–H and O–H groups in total. The highest BCUT2D eigenvalue weighted by molar-refractivity contribution is 7.98. The van der Waals surface area contributed by atoms with E-state index in [0.717, 1.165) is 24.0 Å². The van der Waals surface area contributed by atoms with Gasteiger partial charge in [-0.05, 0) is 42.2 Å². The van der Waals surface area contributed by atoms with Crippen LogP contribution in [0.4, 0.5) is 4.39 Å². The summed E-state index contributed by atoms with van der Waals surface area (Å²) in [5, 5.41) is 8.48. The number of thioether (sulfide) groups is 1. The molecule has 1 rings (SSSR count). The summed E-state index contributed by atoms with van der Waals surface area (Å²) < 4.78 is 40.0. The Balaban J connectivity index is 2.86. The van der Waals surface area contributed by atoms with E-state index in [1.807, 2.05) is 6.26 Å². The third kappa shape index (κ3) is 5.86. The van der Waals surface area contributed by atoms with Gasteiger partial charge in [0.2, 0.25) is 10.0 Å². The Labute approximate surface area is 127 Å². The van der Waals surface area contributed by atoms with Crippen LogP contribution in [0.2, 0.25) is 0 Å². The zero-order valence-electron chi connectivity index (χ0n) is 11.4. The second-order valence-corrected chi connectivity index (χ2v) is 6.83. The number of carboxylic acids is 1. The molecule has 0 heterocycles. The van der Waals surface area contributed by atoms with Gasteiger partial charge in [-0.3, -0.25) is 0 Å². The number of hydrogen-bond donors (Lipinski definition) is 2. The summed E-state index contributed by atoms with van der Waals surface area (Å²) in [7, 11) is -3.89. The van der Waals surface area contributed by atoms with Crippen molar-refractivity contribution in [2.45, 2.75) is 11.3 Å². The Kier molecular flexibility index (Phi) is 6.86. The summed E-state index contributed by atoms with van der Waals surface area (Å²) in [5.41, 5.74) is 0.274. The molecule has 1 aromatic carbocycles. The zero-order chi connectivity index (χ0) is 15.9. The lowest BCUT2D eigenvalue weighted by molar-refractivity contribution is -0.131. The van der Waals surface area contributed by atoms with E-state index >= 15 is 0 Å². The Morgan fingerprint density at radius 3 is 2.76 bits per heavy atom. The number of aliphatic carboxylic acids is 1. The average Bonchev–Trinajstić information content (AvgIpc) is 2.41. The second kappa shape index (κ2) is 8.16. The van der Waals surface area contributed by atoms with Crippen molar-refractivity contribution in [3.8, 4) is 0 Å². The molecule has 0 aliphatic heterocycles. The first-order valence-electron chi connectivity index (χ1n) is 6.06. The van der Waals surface area contributed by atoms with Crippen LogP contribution in [0.5, 0.6) is 0 Å². The average molecular weight is 333 g/mol. The van der Waals surface area contributed by atoms with Gasteiger partial charge < -0.3 is 5.11 Å². The maximum absolute atomic E-state index is 13.8. The van der Waals surface area contributed by atoms with Crippen molar-refractivity contribution < 1.29 is 22.7 Å². The van der Waals surface area contributed by atoms with E-state index in [2.05, 4.69) is 4.72 Å². The summed E-state index contributed by atoms with van der Waals surface area (Å²) in [5.74, 6) is -1.27. The fourth-order valence-corrected chi connectivity index (χ4v) is 3.07. The van der Waals surface area contributed by atoms with Gasteiger partial charge in [0.1, 0.15) is 10.7 Å². The van der Waals surface area contributed by atoms with E-state index in [1.165, 1.54) is 12.1 Å². The molecule has 0 saturated heterocycles. The molecule has 0 aliphatic carbocycles. The van der Waals surface area contributed by atoms with Crippen LogP contribution in [0.3, 0.4) is 0 Å². The first-order valence-corrected chi connectivity index (χ1v) is 8.93. The molecule has 0 aliphatic rings. The van der Waals surface area contributed by atoms with Crippen molar-refractivity contribution in [1.29, 1.82) is 0 Å². The largest absolute Gasteiger partial charge is 0.478 e. The lowest BCUT2D eigenvalue weighted by Gasteiger charge is -2.08. The Morgan fingerprint density at radius 2 is 2.19 bits per heavy atom. The van der Waals surface area contributed by atoms with Gasteiger partial charge in [-0.25, -0.2) is 22.3 Å². The molecule has 0 radical (unpaired) electrons. The smallest absolute Gasteiger partial charge is 0.328 e. The van der Waals surface area contributed by atoms with Gasteiger partial charge in [0, 0.05) is 12.6 Å². The number of benzene rings is 1. The molecule has 0 atom stereocenters. The molecule has 0 fully saturated rings. The topological polar surface area (TPSA) is 83.5 Å². The van der Waals surface area contributed by atoms with E-state index in [0.29, 0.717) is 6.42 Å². The summed E-state index contributed by atoms with van der Waals surface area (Å²) >= 11 is 1.60. The van der Waals surface area contributed by atoms with Gasteiger partial charge in [-0.15, -0.1) is 0 Å². The van der Waals surface area contributed by atoms with Gasteiger partial charge in [0.15, 0.2) is 0 Å². The maximum Gasteiger partial charge on any atom is 0.328 e. The summed E-state index contributed by atoms with van der Waals surface area (Å²) in [6.07, 6.45) is 4.61. The number of carbonyl (C=O) groups is 1. The molecule has 116 valence electrons. The molecule has 21 heavy (non-hydrogen) atoms. The molecule has 5 nitrogen and oxygen atoms in total. The van der Waals surface area contributed by atoms with Crippen molar-refractivity contribution in [3.63, 3.8) is 0 Å². The highest BCUT2D eigenvalue weighted by Gasteiger charge is 2.18. The first-order chi connectivity index (χ1) is 9.86. The predicted octanol–water partition coefficient (Wildman–Crippen LogP) is 1.95. The number of rotatable bonds is 8. The number of carboxylic acid groups (broad SMARTS) is 1. The fourth-order valence-electron chi connectivity index (χ4n) is 1.51. The van der Waals surface area contributed by atoms with Crippen LogP contribution in [0.1, 0.15) is 12.0 Å². The number of hydrogen-bond acceptors (Lipinski definition) is 4.